The van der Waals surface area contributed by atoms with Gasteiger partial charge in [-0.25, -0.2) is 4.98 Å². The summed E-state index contributed by atoms with van der Waals surface area (Å²) in [4.78, 5) is 5.29. The predicted octanol–water partition coefficient (Wildman–Crippen LogP) is 2.87. The van der Waals surface area contributed by atoms with Crippen molar-refractivity contribution in [3.63, 3.8) is 0 Å². The fourth-order valence-corrected chi connectivity index (χ4v) is 2.45. The zero-order chi connectivity index (χ0) is 13.9. The van der Waals surface area contributed by atoms with Gasteiger partial charge in [0.05, 0.1) is 11.9 Å². The minimum Gasteiger partial charge on any atom is -0.326 e. The van der Waals surface area contributed by atoms with E-state index in [1.807, 2.05) is 36.7 Å². The van der Waals surface area contributed by atoms with Crippen molar-refractivity contribution >= 4 is 22.7 Å². The molecule has 3 aromatic rings. The van der Waals surface area contributed by atoms with Crippen LogP contribution in [0.2, 0.25) is 0 Å². The highest BCUT2D eigenvalue weighted by Gasteiger charge is 2.06. The zero-order valence-corrected chi connectivity index (χ0v) is 11.8. The highest BCUT2D eigenvalue weighted by atomic mass is 32.1. The Balaban J connectivity index is 2.02. The Morgan fingerprint density at radius 2 is 2.10 bits per heavy atom. The van der Waals surface area contributed by atoms with Crippen molar-refractivity contribution in [2.75, 3.05) is 6.54 Å². The van der Waals surface area contributed by atoms with E-state index < -0.39 is 0 Å². The molecule has 0 saturated heterocycles. The fourth-order valence-electron chi connectivity index (χ4n) is 2.29. The molecule has 0 aliphatic rings. The maximum Gasteiger partial charge on any atom is 0.137 e. The van der Waals surface area contributed by atoms with Gasteiger partial charge >= 0.3 is 0 Å². The lowest BCUT2D eigenvalue weighted by Crippen LogP contribution is -2.13. The van der Waals surface area contributed by atoms with Crippen molar-refractivity contribution in [3.05, 3.63) is 60.4 Å². The standard InChI is InChI=1S/C16H15N3S/c17-10-14(20)9-12-4-3-5-13(8-12)15-11-18-16-6-1-2-7-19(15)16/h1-8,11H,9-10,17H2. The molecule has 0 aliphatic heterocycles. The molecule has 20 heavy (non-hydrogen) atoms. The van der Waals surface area contributed by atoms with Gasteiger partial charge in [-0.1, -0.05) is 36.5 Å². The van der Waals surface area contributed by atoms with Gasteiger partial charge in [-0.05, 0) is 23.8 Å². The number of imidazole rings is 1. The van der Waals surface area contributed by atoms with Crippen LogP contribution in [-0.4, -0.2) is 20.8 Å². The molecule has 3 rings (SSSR count). The van der Waals surface area contributed by atoms with Gasteiger partial charge in [0.15, 0.2) is 0 Å². The molecule has 4 heteroatoms. The van der Waals surface area contributed by atoms with Crippen molar-refractivity contribution in [2.24, 2.45) is 5.73 Å². The van der Waals surface area contributed by atoms with Crippen molar-refractivity contribution in [1.29, 1.82) is 0 Å². The number of rotatable bonds is 4. The van der Waals surface area contributed by atoms with Crippen LogP contribution in [0.3, 0.4) is 0 Å². The highest BCUT2D eigenvalue weighted by Crippen LogP contribution is 2.22. The fraction of sp³-hybridized carbons (Fsp3) is 0.125. The Bertz CT molecular complexity index is 761. The number of nitrogens with two attached hydrogens (primary N) is 1. The number of hydrogen-bond donors (Lipinski definition) is 1. The summed E-state index contributed by atoms with van der Waals surface area (Å²) in [6.45, 7) is 0.454. The number of benzene rings is 1. The van der Waals surface area contributed by atoms with Gasteiger partial charge in [-0.3, -0.25) is 4.40 Å². The van der Waals surface area contributed by atoms with Gasteiger partial charge in [-0.15, -0.1) is 0 Å². The first-order chi connectivity index (χ1) is 9.78. The molecular weight excluding hydrogens is 266 g/mol. The van der Waals surface area contributed by atoms with Crippen LogP contribution in [0.1, 0.15) is 5.56 Å². The summed E-state index contributed by atoms with van der Waals surface area (Å²) < 4.78 is 2.08. The number of hydrogen-bond acceptors (Lipinski definition) is 3. The summed E-state index contributed by atoms with van der Waals surface area (Å²) in [6, 6.07) is 14.4. The lowest BCUT2D eigenvalue weighted by Gasteiger charge is -2.06. The SMILES string of the molecule is NCC(=S)Cc1cccc(-c2cnc3ccccn23)c1. The second-order valence-electron chi connectivity index (χ2n) is 4.69. The van der Waals surface area contributed by atoms with Crippen LogP contribution in [0.5, 0.6) is 0 Å². The number of pyridine rings is 1. The molecule has 3 nitrogen and oxygen atoms in total. The Kier molecular flexibility index (Phi) is 3.58. The van der Waals surface area contributed by atoms with Gasteiger partial charge < -0.3 is 5.73 Å². The molecule has 0 spiro atoms. The molecule has 0 bridgehead atoms. The summed E-state index contributed by atoms with van der Waals surface area (Å²) in [6.07, 6.45) is 4.67. The molecule has 1 aromatic carbocycles. The van der Waals surface area contributed by atoms with E-state index in [4.69, 9.17) is 18.0 Å². The van der Waals surface area contributed by atoms with Crippen LogP contribution in [0.4, 0.5) is 0 Å². The molecule has 0 unspecified atom stereocenters. The Hall–Kier alpha value is -2.04. The Labute approximate surface area is 123 Å². The van der Waals surface area contributed by atoms with E-state index in [0.717, 1.165) is 28.2 Å². The first kappa shape index (κ1) is 13.0. The molecule has 2 aromatic heterocycles. The molecule has 0 aliphatic carbocycles. The van der Waals surface area contributed by atoms with Crippen LogP contribution >= 0.6 is 12.2 Å². The average Bonchev–Trinajstić information content (AvgIpc) is 2.91. The van der Waals surface area contributed by atoms with Crippen molar-refractivity contribution in [1.82, 2.24) is 9.38 Å². The summed E-state index contributed by atoms with van der Waals surface area (Å²) in [5, 5.41) is 0. The third-order valence-electron chi connectivity index (χ3n) is 3.27. The largest absolute Gasteiger partial charge is 0.326 e. The first-order valence-electron chi connectivity index (χ1n) is 6.51. The van der Waals surface area contributed by atoms with Crippen LogP contribution in [0.15, 0.2) is 54.9 Å². The van der Waals surface area contributed by atoms with E-state index in [2.05, 4.69) is 27.6 Å². The van der Waals surface area contributed by atoms with Crippen molar-refractivity contribution in [3.8, 4) is 11.3 Å². The maximum atomic E-state index is 5.57. The Morgan fingerprint density at radius 3 is 2.95 bits per heavy atom. The maximum absolute atomic E-state index is 5.57. The van der Waals surface area contributed by atoms with Gasteiger partial charge in [0.1, 0.15) is 5.65 Å². The van der Waals surface area contributed by atoms with E-state index in [1.54, 1.807) is 0 Å². The predicted molar refractivity (Wildman–Crippen MR) is 86.0 cm³/mol. The van der Waals surface area contributed by atoms with Crippen molar-refractivity contribution in [2.45, 2.75) is 6.42 Å². The summed E-state index contributed by atoms with van der Waals surface area (Å²) in [7, 11) is 0. The third kappa shape index (κ3) is 2.48. The number of thiocarbonyl (C=S) groups is 1. The lowest BCUT2D eigenvalue weighted by atomic mass is 10.0. The average molecular weight is 281 g/mol. The zero-order valence-electron chi connectivity index (χ0n) is 11.0. The number of nitrogens with zero attached hydrogens (tertiary/aromatic N) is 2. The van der Waals surface area contributed by atoms with Gasteiger partial charge in [0, 0.05) is 29.6 Å². The molecule has 0 amide bonds. The van der Waals surface area contributed by atoms with Crippen LogP contribution in [0.25, 0.3) is 16.9 Å². The highest BCUT2D eigenvalue weighted by molar-refractivity contribution is 7.80. The molecule has 0 fully saturated rings. The second kappa shape index (κ2) is 5.53. The monoisotopic (exact) mass is 281 g/mol. The Morgan fingerprint density at radius 1 is 1.20 bits per heavy atom. The quantitative estimate of drug-likeness (QED) is 0.748. The minimum absolute atomic E-state index is 0.454. The molecule has 0 saturated carbocycles. The summed E-state index contributed by atoms with van der Waals surface area (Å²) >= 11 is 5.22. The van der Waals surface area contributed by atoms with E-state index in [0.29, 0.717) is 6.54 Å². The van der Waals surface area contributed by atoms with E-state index >= 15 is 0 Å². The number of aromatic nitrogens is 2. The van der Waals surface area contributed by atoms with Crippen LogP contribution < -0.4 is 5.73 Å². The summed E-state index contributed by atoms with van der Waals surface area (Å²) in [5.41, 5.74) is 9.93. The summed E-state index contributed by atoms with van der Waals surface area (Å²) in [5.74, 6) is 0. The minimum atomic E-state index is 0.454. The smallest absolute Gasteiger partial charge is 0.137 e. The molecule has 100 valence electrons. The van der Waals surface area contributed by atoms with Gasteiger partial charge in [0.25, 0.3) is 0 Å². The lowest BCUT2D eigenvalue weighted by molar-refractivity contribution is 1.19. The number of fused-ring (bicyclic) bond motifs is 1. The van der Waals surface area contributed by atoms with E-state index in [9.17, 15) is 0 Å². The van der Waals surface area contributed by atoms with Crippen LogP contribution in [0, 0.1) is 0 Å². The topological polar surface area (TPSA) is 43.3 Å². The third-order valence-corrected chi connectivity index (χ3v) is 3.58. The molecule has 0 atom stereocenters. The normalized spacial score (nSPS) is 10.8. The van der Waals surface area contributed by atoms with Gasteiger partial charge in [-0.2, -0.15) is 0 Å². The van der Waals surface area contributed by atoms with Crippen molar-refractivity contribution < 1.29 is 0 Å². The van der Waals surface area contributed by atoms with Crippen LogP contribution in [-0.2, 0) is 6.42 Å². The second-order valence-corrected chi connectivity index (χ2v) is 5.27. The molecule has 2 N–H and O–H groups in total. The first-order valence-corrected chi connectivity index (χ1v) is 6.92. The van der Waals surface area contributed by atoms with E-state index in [1.165, 1.54) is 5.56 Å². The van der Waals surface area contributed by atoms with Gasteiger partial charge in [0.2, 0.25) is 0 Å². The molecular formula is C16H15N3S. The molecule has 0 radical (unpaired) electrons. The molecule has 2 heterocycles. The van der Waals surface area contributed by atoms with E-state index in [-0.39, 0.29) is 0 Å².